The van der Waals surface area contributed by atoms with E-state index < -0.39 is 0 Å². The molecular formula is C13H13FN2. The average Bonchev–Trinajstić information content (AvgIpc) is 2.74. The summed E-state index contributed by atoms with van der Waals surface area (Å²) in [7, 11) is 0. The van der Waals surface area contributed by atoms with Crippen molar-refractivity contribution in [1.29, 1.82) is 0 Å². The third kappa shape index (κ3) is 1.52. The zero-order chi connectivity index (χ0) is 11.0. The Balaban J connectivity index is 2.06. The van der Waals surface area contributed by atoms with E-state index in [0.717, 1.165) is 24.2 Å². The number of aromatic nitrogens is 2. The maximum absolute atomic E-state index is 12.8. The molecule has 2 nitrogen and oxygen atoms in total. The number of aryl methyl sites for hydroxylation is 1. The van der Waals surface area contributed by atoms with Gasteiger partial charge in [0.25, 0.3) is 0 Å². The normalized spacial score (nSPS) is 14.8. The van der Waals surface area contributed by atoms with Gasteiger partial charge in [0.2, 0.25) is 0 Å². The van der Waals surface area contributed by atoms with Crippen LogP contribution in [-0.2, 0) is 13.0 Å². The highest BCUT2D eigenvalue weighted by Gasteiger charge is 2.15. The molecule has 3 heteroatoms. The second-order valence-corrected chi connectivity index (χ2v) is 4.20. The minimum Gasteiger partial charge on any atom is -0.334 e. The Morgan fingerprint density at radius 3 is 2.75 bits per heavy atom. The highest BCUT2D eigenvalue weighted by atomic mass is 19.1. The van der Waals surface area contributed by atoms with Crippen LogP contribution in [0.15, 0.2) is 30.6 Å². The van der Waals surface area contributed by atoms with Gasteiger partial charge in [-0.25, -0.2) is 9.37 Å². The SMILES string of the molecule is Fc1ccc(-c2ncn3c2CCCC3)cc1. The van der Waals surface area contributed by atoms with Gasteiger partial charge in [-0.2, -0.15) is 0 Å². The van der Waals surface area contributed by atoms with Gasteiger partial charge in [0.1, 0.15) is 5.82 Å². The van der Waals surface area contributed by atoms with Crippen LogP contribution >= 0.6 is 0 Å². The lowest BCUT2D eigenvalue weighted by Crippen LogP contribution is -2.09. The first-order valence-corrected chi connectivity index (χ1v) is 5.64. The van der Waals surface area contributed by atoms with Crippen LogP contribution in [0.1, 0.15) is 18.5 Å². The van der Waals surface area contributed by atoms with Gasteiger partial charge < -0.3 is 4.57 Å². The fraction of sp³-hybridized carbons (Fsp3) is 0.308. The predicted molar refractivity (Wildman–Crippen MR) is 60.6 cm³/mol. The second kappa shape index (κ2) is 3.74. The van der Waals surface area contributed by atoms with Crippen LogP contribution in [0.3, 0.4) is 0 Å². The van der Waals surface area contributed by atoms with Crippen molar-refractivity contribution in [3.63, 3.8) is 0 Å². The summed E-state index contributed by atoms with van der Waals surface area (Å²) in [5, 5.41) is 0. The zero-order valence-electron chi connectivity index (χ0n) is 8.99. The van der Waals surface area contributed by atoms with E-state index in [2.05, 4.69) is 9.55 Å². The third-order valence-corrected chi connectivity index (χ3v) is 3.13. The van der Waals surface area contributed by atoms with Gasteiger partial charge in [0, 0.05) is 17.8 Å². The molecular weight excluding hydrogens is 203 g/mol. The van der Waals surface area contributed by atoms with Crippen LogP contribution in [0, 0.1) is 5.82 Å². The fourth-order valence-electron chi connectivity index (χ4n) is 2.29. The minimum atomic E-state index is -0.197. The van der Waals surface area contributed by atoms with Gasteiger partial charge in [0.05, 0.1) is 12.0 Å². The van der Waals surface area contributed by atoms with Crippen molar-refractivity contribution < 1.29 is 4.39 Å². The topological polar surface area (TPSA) is 17.8 Å². The maximum Gasteiger partial charge on any atom is 0.123 e. The molecule has 1 aromatic carbocycles. The predicted octanol–water partition coefficient (Wildman–Crippen LogP) is 3.03. The number of rotatable bonds is 1. The molecule has 2 heterocycles. The quantitative estimate of drug-likeness (QED) is 0.716. The molecule has 0 unspecified atom stereocenters. The van der Waals surface area contributed by atoms with Crippen molar-refractivity contribution in [2.45, 2.75) is 25.8 Å². The summed E-state index contributed by atoms with van der Waals surface area (Å²) in [6.07, 6.45) is 5.42. The van der Waals surface area contributed by atoms with E-state index >= 15 is 0 Å². The van der Waals surface area contributed by atoms with Gasteiger partial charge in [-0.15, -0.1) is 0 Å². The molecule has 0 atom stereocenters. The third-order valence-electron chi connectivity index (χ3n) is 3.13. The van der Waals surface area contributed by atoms with Crippen molar-refractivity contribution in [3.8, 4) is 11.3 Å². The van der Waals surface area contributed by atoms with Crippen LogP contribution in [0.2, 0.25) is 0 Å². The Kier molecular flexibility index (Phi) is 2.24. The molecule has 1 aromatic heterocycles. The molecule has 82 valence electrons. The van der Waals surface area contributed by atoms with Gasteiger partial charge in [0.15, 0.2) is 0 Å². The summed E-state index contributed by atoms with van der Waals surface area (Å²) in [5.41, 5.74) is 3.31. The largest absolute Gasteiger partial charge is 0.334 e. The molecule has 0 saturated carbocycles. The summed E-state index contributed by atoms with van der Waals surface area (Å²) in [6.45, 7) is 1.06. The molecule has 0 bridgehead atoms. The summed E-state index contributed by atoms with van der Waals surface area (Å²) in [5.74, 6) is -0.197. The van der Waals surface area contributed by atoms with Gasteiger partial charge in [-0.1, -0.05) is 0 Å². The number of imidazole rings is 1. The van der Waals surface area contributed by atoms with E-state index in [1.807, 2.05) is 6.33 Å². The molecule has 0 N–H and O–H groups in total. The number of fused-ring (bicyclic) bond motifs is 1. The Bertz CT molecular complexity index is 499. The first-order chi connectivity index (χ1) is 7.84. The Morgan fingerprint density at radius 1 is 1.12 bits per heavy atom. The van der Waals surface area contributed by atoms with Gasteiger partial charge >= 0.3 is 0 Å². The van der Waals surface area contributed by atoms with E-state index in [-0.39, 0.29) is 5.82 Å². The van der Waals surface area contributed by atoms with Crippen LogP contribution < -0.4 is 0 Å². The Morgan fingerprint density at radius 2 is 1.94 bits per heavy atom. The molecule has 16 heavy (non-hydrogen) atoms. The summed E-state index contributed by atoms with van der Waals surface area (Å²) >= 11 is 0. The second-order valence-electron chi connectivity index (χ2n) is 4.20. The van der Waals surface area contributed by atoms with E-state index in [4.69, 9.17) is 0 Å². The molecule has 0 saturated heterocycles. The standard InChI is InChI=1S/C13H13FN2/c14-11-6-4-10(5-7-11)13-12-3-1-2-8-16(12)9-15-13/h4-7,9H,1-3,8H2. The summed E-state index contributed by atoms with van der Waals surface area (Å²) in [6, 6.07) is 6.58. The number of hydrogen-bond acceptors (Lipinski definition) is 1. The molecule has 3 rings (SSSR count). The van der Waals surface area contributed by atoms with E-state index in [9.17, 15) is 4.39 Å². The first kappa shape index (κ1) is 9.58. The maximum atomic E-state index is 12.8. The fourth-order valence-corrected chi connectivity index (χ4v) is 2.29. The van der Waals surface area contributed by atoms with Crippen molar-refractivity contribution in [2.24, 2.45) is 0 Å². The zero-order valence-corrected chi connectivity index (χ0v) is 8.99. The van der Waals surface area contributed by atoms with Crippen molar-refractivity contribution in [1.82, 2.24) is 9.55 Å². The molecule has 2 aromatic rings. The number of halogens is 1. The van der Waals surface area contributed by atoms with Crippen molar-refractivity contribution in [2.75, 3.05) is 0 Å². The van der Waals surface area contributed by atoms with Crippen LogP contribution in [0.4, 0.5) is 4.39 Å². The molecule has 1 aliphatic rings. The lowest BCUT2D eigenvalue weighted by atomic mass is 10.0. The van der Waals surface area contributed by atoms with E-state index in [0.29, 0.717) is 0 Å². The van der Waals surface area contributed by atoms with Crippen molar-refractivity contribution in [3.05, 3.63) is 42.1 Å². The molecule has 1 aliphatic heterocycles. The lowest BCUT2D eigenvalue weighted by Gasteiger charge is -2.15. The van der Waals surface area contributed by atoms with E-state index in [1.54, 1.807) is 12.1 Å². The van der Waals surface area contributed by atoms with Crippen molar-refractivity contribution >= 4 is 0 Å². The Labute approximate surface area is 93.7 Å². The number of benzene rings is 1. The lowest BCUT2D eigenvalue weighted by molar-refractivity contribution is 0.533. The minimum absolute atomic E-state index is 0.197. The molecule has 0 fully saturated rings. The van der Waals surface area contributed by atoms with Crippen LogP contribution in [-0.4, -0.2) is 9.55 Å². The monoisotopic (exact) mass is 216 g/mol. The molecule has 0 amide bonds. The Hall–Kier alpha value is -1.64. The molecule has 0 aliphatic carbocycles. The molecule has 0 spiro atoms. The van der Waals surface area contributed by atoms with Crippen LogP contribution in [0.5, 0.6) is 0 Å². The van der Waals surface area contributed by atoms with Gasteiger partial charge in [-0.05, 0) is 43.5 Å². The van der Waals surface area contributed by atoms with Crippen LogP contribution in [0.25, 0.3) is 11.3 Å². The summed E-state index contributed by atoms with van der Waals surface area (Å²) < 4.78 is 15.1. The first-order valence-electron chi connectivity index (χ1n) is 5.64. The summed E-state index contributed by atoms with van der Waals surface area (Å²) in [4.78, 5) is 4.44. The highest BCUT2D eigenvalue weighted by Crippen LogP contribution is 2.26. The van der Waals surface area contributed by atoms with E-state index in [1.165, 1.54) is 30.7 Å². The van der Waals surface area contributed by atoms with Gasteiger partial charge in [-0.3, -0.25) is 0 Å². The molecule has 0 radical (unpaired) electrons. The number of hydrogen-bond donors (Lipinski definition) is 0. The average molecular weight is 216 g/mol. The smallest absolute Gasteiger partial charge is 0.123 e. The highest BCUT2D eigenvalue weighted by molar-refractivity contribution is 5.62. The number of nitrogens with zero attached hydrogens (tertiary/aromatic N) is 2.